The number of aliphatic hydroxyl groups excluding tert-OH is 1. The largest absolute Gasteiger partial charge is 0.506 e. The predicted molar refractivity (Wildman–Crippen MR) is 59.6 cm³/mol. The molecule has 0 amide bonds. The molecule has 0 heterocycles. The van der Waals surface area contributed by atoms with Crippen LogP contribution >= 0.6 is 31.9 Å². The molecule has 0 bridgehead atoms. The first-order chi connectivity index (χ1) is 6.15. The van der Waals surface area contributed by atoms with E-state index in [2.05, 4.69) is 31.9 Å². The van der Waals surface area contributed by atoms with Gasteiger partial charge < -0.3 is 10.2 Å². The minimum absolute atomic E-state index is 0.0381. The van der Waals surface area contributed by atoms with Crippen LogP contribution in [0.3, 0.4) is 0 Å². The maximum atomic E-state index is 9.55. The Morgan fingerprint density at radius 3 is 2.62 bits per heavy atom. The SMILES string of the molecule is OC/C=C/c1cc(Br)cc(Br)c1O. The third-order valence-electron chi connectivity index (χ3n) is 1.46. The normalized spacial score (nSPS) is 11.0. The fraction of sp³-hybridized carbons (Fsp3) is 0.111. The topological polar surface area (TPSA) is 40.5 Å². The maximum absolute atomic E-state index is 9.55. The van der Waals surface area contributed by atoms with Gasteiger partial charge in [-0.1, -0.05) is 28.1 Å². The van der Waals surface area contributed by atoms with Gasteiger partial charge in [-0.15, -0.1) is 0 Å². The van der Waals surface area contributed by atoms with Crippen molar-refractivity contribution in [3.63, 3.8) is 0 Å². The third-order valence-corrected chi connectivity index (χ3v) is 2.52. The number of hydrogen-bond acceptors (Lipinski definition) is 2. The Morgan fingerprint density at radius 2 is 2.00 bits per heavy atom. The minimum atomic E-state index is -0.0381. The number of phenolic OH excluding ortho intramolecular Hbond substituents is 1. The first-order valence-corrected chi connectivity index (χ1v) is 5.19. The second-order valence-electron chi connectivity index (χ2n) is 2.41. The standard InChI is InChI=1S/C9H8Br2O2/c10-7-4-6(2-1-3-12)9(13)8(11)5-7/h1-2,4-5,12-13H,3H2/b2-1+. The molecule has 0 saturated carbocycles. The molecule has 0 aliphatic rings. The summed E-state index contributed by atoms with van der Waals surface area (Å²) in [5, 5.41) is 18.1. The Bertz CT molecular complexity index is 335. The van der Waals surface area contributed by atoms with Crippen LogP contribution in [0.15, 0.2) is 27.2 Å². The number of hydrogen-bond donors (Lipinski definition) is 2. The molecule has 0 radical (unpaired) electrons. The van der Waals surface area contributed by atoms with Crippen LogP contribution in [0.4, 0.5) is 0 Å². The summed E-state index contributed by atoms with van der Waals surface area (Å²) in [7, 11) is 0. The molecule has 0 atom stereocenters. The van der Waals surface area contributed by atoms with Gasteiger partial charge in [0.2, 0.25) is 0 Å². The maximum Gasteiger partial charge on any atom is 0.137 e. The van der Waals surface area contributed by atoms with Crippen LogP contribution in [0.5, 0.6) is 5.75 Å². The third kappa shape index (κ3) is 2.83. The van der Waals surface area contributed by atoms with E-state index < -0.39 is 0 Å². The van der Waals surface area contributed by atoms with E-state index in [0.717, 1.165) is 4.47 Å². The summed E-state index contributed by atoms with van der Waals surface area (Å²) in [5.41, 5.74) is 0.662. The van der Waals surface area contributed by atoms with E-state index in [0.29, 0.717) is 10.0 Å². The van der Waals surface area contributed by atoms with Gasteiger partial charge in [0.05, 0.1) is 11.1 Å². The zero-order valence-electron chi connectivity index (χ0n) is 6.67. The van der Waals surface area contributed by atoms with Crippen molar-refractivity contribution < 1.29 is 10.2 Å². The number of rotatable bonds is 2. The van der Waals surface area contributed by atoms with Crippen LogP contribution in [0.2, 0.25) is 0 Å². The van der Waals surface area contributed by atoms with Crippen molar-refractivity contribution >= 4 is 37.9 Å². The zero-order valence-corrected chi connectivity index (χ0v) is 9.84. The molecular weight excluding hydrogens is 300 g/mol. The summed E-state index contributed by atoms with van der Waals surface area (Å²) >= 11 is 6.51. The van der Waals surface area contributed by atoms with E-state index >= 15 is 0 Å². The molecule has 0 aliphatic carbocycles. The van der Waals surface area contributed by atoms with E-state index in [1.54, 1.807) is 24.3 Å². The molecular formula is C9H8Br2O2. The summed E-state index contributed by atoms with van der Waals surface area (Å²) in [6, 6.07) is 3.53. The molecule has 1 aromatic rings. The number of halogens is 2. The van der Waals surface area contributed by atoms with Crippen molar-refractivity contribution in [1.29, 1.82) is 0 Å². The van der Waals surface area contributed by atoms with Gasteiger partial charge in [0, 0.05) is 10.0 Å². The van der Waals surface area contributed by atoms with Crippen LogP contribution in [-0.4, -0.2) is 16.8 Å². The second kappa shape index (κ2) is 4.79. The van der Waals surface area contributed by atoms with E-state index in [4.69, 9.17) is 5.11 Å². The molecule has 0 aliphatic heterocycles. The first-order valence-electron chi connectivity index (χ1n) is 3.60. The smallest absolute Gasteiger partial charge is 0.137 e. The Hall–Kier alpha value is -0.320. The van der Waals surface area contributed by atoms with Crippen molar-refractivity contribution in [2.45, 2.75) is 0 Å². The van der Waals surface area contributed by atoms with Crippen molar-refractivity contribution in [2.24, 2.45) is 0 Å². The summed E-state index contributed by atoms with van der Waals surface area (Å²) in [5.74, 6) is 0.174. The molecule has 0 unspecified atom stereocenters. The monoisotopic (exact) mass is 306 g/mol. The summed E-state index contributed by atoms with van der Waals surface area (Å²) in [6.07, 6.45) is 3.22. The molecule has 4 heteroatoms. The van der Waals surface area contributed by atoms with E-state index in [-0.39, 0.29) is 12.4 Å². The minimum Gasteiger partial charge on any atom is -0.506 e. The molecule has 1 aromatic carbocycles. The fourth-order valence-electron chi connectivity index (χ4n) is 0.893. The van der Waals surface area contributed by atoms with Gasteiger partial charge in [0.15, 0.2) is 0 Å². The highest BCUT2D eigenvalue weighted by Gasteiger charge is 2.03. The Labute approximate surface area is 93.2 Å². The average Bonchev–Trinajstić information content (AvgIpc) is 2.09. The summed E-state index contributed by atoms with van der Waals surface area (Å²) in [4.78, 5) is 0. The van der Waals surface area contributed by atoms with Gasteiger partial charge in [0.25, 0.3) is 0 Å². The van der Waals surface area contributed by atoms with Crippen molar-refractivity contribution in [2.75, 3.05) is 6.61 Å². The molecule has 2 N–H and O–H groups in total. The lowest BCUT2D eigenvalue weighted by Gasteiger charge is -2.02. The second-order valence-corrected chi connectivity index (χ2v) is 4.18. The highest BCUT2D eigenvalue weighted by atomic mass is 79.9. The lowest BCUT2D eigenvalue weighted by atomic mass is 10.2. The van der Waals surface area contributed by atoms with Crippen LogP contribution in [0.1, 0.15) is 5.56 Å². The lowest BCUT2D eigenvalue weighted by molar-refractivity contribution is 0.343. The van der Waals surface area contributed by atoms with Gasteiger partial charge >= 0.3 is 0 Å². The van der Waals surface area contributed by atoms with Crippen molar-refractivity contribution in [1.82, 2.24) is 0 Å². The molecule has 0 saturated heterocycles. The molecule has 0 fully saturated rings. The summed E-state index contributed by atoms with van der Waals surface area (Å²) in [6.45, 7) is -0.0381. The Morgan fingerprint density at radius 1 is 1.31 bits per heavy atom. The first kappa shape index (κ1) is 10.8. The number of aromatic hydroxyl groups is 1. The van der Waals surface area contributed by atoms with Gasteiger partial charge in [0.1, 0.15) is 5.75 Å². The number of benzene rings is 1. The van der Waals surface area contributed by atoms with E-state index in [1.165, 1.54) is 0 Å². The highest BCUT2D eigenvalue weighted by Crippen LogP contribution is 2.32. The fourth-order valence-corrected chi connectivity index (χ4v) is 2.15. The van der Waals surface area contributed by atoms with Crippen LogP contribution in [-0.2, 0) is 0 Å². The predicted octanol–water partition coefficient (Wildman–Crippen LogP) is 2.92. The average molecular weight is 308 g/mol. The van der Waals surface area contributed by atoms with E-state index in [9.17, 15) is 5.11 Å². The quantitative estimate of drug-likeness (QED) is 0.882. The van der Waals surface area contributed by atoms with E-state index in [1.807, 2.05) is 0 Å². The van der Waals surface area contributed by atoms with Crippen molar-refractivity contribution in [3.05, 3.63) is 32.7 Å². The molecule has 70 valence electrons. The molecule has 1 rings (SSSR count). The Balaban J connectivity index is 3.12. The van der Waals surface area contributed by atoms with Crippen molar-refractivity contribution in [3.8, 4) is 5.75 Å². The lowest BCUT2D eigenvalue weighted by Crippen LogP contribution is -1.79. The van der Waals surface area contributed by atoms with Gasteiger partial charge in [-0.3, -0.25) is 0 Å². The van der Waals surface area contributed by atoms with Gasteiger partial charge in [-0.25, -0.2) is 0 Å². The van der Waals surface area contributed by atoms with Gasteiger partial charge in [-0.05, 0) is 28.1 Å². The molecule has 2 nitrogen and oxygen atoms in total. The number of aliphatic hydroxyl groups is 1. The molecule has 0 spiro atoms. The molecule has 0 aromatic heterocycles. The van der Waals surface area contributed by atoms with Gasteiger partial charge in [-0.2, -0.15) is 0 Å². The highest BCUT2D eigenvalue weighted by molar-refractivity contribution is 9.11. The molecule has 13 heavy (non-hydrogen) atoms. The number of phenols is 1. The van der Waals surface area contributed by atoms with Crippen LogP contribution in [0.25, 0.3) is 6.08 Å². The van der Waals surface area contributed by atoms with Crippen LogP contribution in [0, 0.1) is 0 Å². The Kier molecular flexibility index (Phi) is 3.96. The van der Waals surface area contributed by atoms with Crippen LogP contribution < -0.4 is 0 Å². The summed E-state index contributed by atoms with van der Waals surface area (Å²) < 4.78 is 1.49. The zero-order chi connectivity index (χ0) is 9.84.